The van der Waals surface area contributed by atoms with E-state index in [0.717, 1.165) is 6.42 Å². The first-order valence-electron chi connectivity index (χ1n) is 29.1. The number of benzene rings is 9. The van der Waals surface area contributed by atoms with Gasteiger partial charge in [0.25, 0.3) is 6.71 Å². The Labute approximate surface area is 473 Å². The molecule has 0 saturated carbocycles. The van der Waals surface area contributed by atoms with Crippen molar-refractivity contribution < 1.29 is 0 Å². The highest BCUT2D eigenvalue weighted by Crippen LogP contribution is 2.57. The van der Waals surface area contributed by atoms with Gasteiger partial charge in [0.2, 0.25) is 0 Å². The molecule has 4 heteroatoms. The van der Waals surface area contributed by atoms with Crippen molar-refractivity contribution in [2.24, 2.45) is 0 Å². The van der Waals surface area contributed by atoms with E-state index in [1.807, 2.05) is 11.3 Å². The van der Waals surface area contributed by atoms with Gasteiger partial charge in [0.1, 0.15) is 0 Å². The van der Waals surface area contributed by atoms with Gasteiger partial charge in [-0.15, -0.1) is 11.3 Å². The lowest BCUT2D eigenvalue weighted by atomic mass is 9.33. The molecule has 390 valence electrons. The Kier molecular flexibility index (Phi) is 9.94. The van der Waals surface area contributed by atoms with E-state index in [-0.39, 0.29) is 39.2 Å². The van der Waals surface area contributed by atoms with Crippen LogP contribution < -0.4 is 26.2 Å². The van der Waals surface area contributed by atoms with Crippen LogP contribution in [0.2, 0.25) is 0 Å². The molecule has 2 aliphatic heterocycles. The van der Waals surface area contributed by atoms with Crippen LogP contribution in [0, 0.1) is 6.92 Å². The lowest BCUT2D eigenvalue weighted by molar-refractivity contribution is 0.332. The second-order valence-corrected chi connectivity index (χ2v) is 28.7. The molecule has 3 heterocycles. The molecule has 0 radical (unpaired) electrons. The number of hydrogen-bond acceptors (Lipinski definition) is 3. The molecule has 1 aromatic heterocycles. The minimum atomic E-state index is -0.248. The maximum atomic E-state index is 2.77. The fourth-order valence-corrected chi connectivity index (χ4v) is 17.3. The quantitative estimate of drug-likeness (QED) is 0.163. The Morgan fingerprint density at radius 2 is 0.886 bits per heavy atom. The summed E-state index contributed by atoms with van der Waals surface area (Å²) in [5, 5.41) is 2.65. The summed E-state index contributed by atoms with van der Waals surface area (Å²) in [6, 6.07) is 67.1. The summed E-state index contributed by atoms with van der Waals surface area (Å²) in [7, 11) is 0. The molecule has 0 N–H and O–H groups in total. The summed E-state index contributed by atoms with van der Waals surface area (Å²) in [6.45, 7) is 31.9. The van der Waals surface area contributed by atoms with Crippen molar-refractivity contribution in [2.45, 2.75) is 135 Å². The van der Waals surface area contributed by atoms with Crippen molar-refractivity contribution in [2.75, 3.05) is 9.80 Å². The Hall–Kier alpha value is -7.14. The average Bonchev–Trinajstić information content (AvgIpc) is 3.03. The maximum absolute atomic E-state index is 2.77. The Morgan fingerprint density at radius 1 is 0.380 bits per heavy atom. The summed E-state index contributed by atoms with van der Waals surface area (Å²) in [5.41, 5.74) is 28.9. The average molecular weight is 1040 g/mol. The van der Waals surface area contributed by atoms with Gasteiger partial charge < -0.3 is 9.80 Å². The molecule has 79 heavy (non-hydrogen) atoms. The second kappa shape index (κ2) is 16.0. The summed E-state index contributed by atoms with van der Waals surface area (Å²) in [4.78, 5) is 5.49. The molecular formula is C75H71BN2S. The van der Waals surface area contributed by atoms with E-state index in [1.54, 1.807) is 0 Å². The van der Waals surface area contributed by atoms with Crippen molar-refractivity contribution in [3.05, 3.63) is 231 Å². The van der Waals surface area contributed by atoms with Gasteiger partial charge in [-0.05, 0) is 162 Å². The Morgan fingerprint density at radius 3 is 1.52 bits per heavy atom. The molecule has 0 saturated heterocycles. The molecule has 0 atom stereocenters. The van der Waals surface area contributed by atoms with Gasteiger partial charge in [0.15, 0.2) is 0 Å². The summed E-state index contributed by atoms with van der Waals surface area (Å²) < 4.78 is 2.68. The zero-order valence-electron chi connectivity index (χ0n) is 48.5. The lowest BCUT2D eigenvalue weighted by Crippen LogP contribution is -2.62. The predicted molar refractivity (Wildman–Crippen MR) is 340 cm³/mol. The van der Waals surface area contributed by atoms with Gasteiger partial charge >= 0.3 is 0 Å². The number of fused-ring (bicyclic) bond motifs is 13. The molecule has 0 amide bonds. The molecule has 3 aliphatic carbocycles. The van der Waals surface area contributed by atoms with E-state index in [2.05, 4.69) is 270 Å². The number of rotatable bonds is 3. The van der Waals surface area contributed by atoms with Crippen LogP contribution in [0.5, 0.6) is 0 Å². The minimum absolute atomic E-state index is 0.0206. The molecule has 10 aromatic rings. The fraction of sp³-hybridized carbons (Fsp3) is 0.280. The first kappa shape index (κ1) is 48.9. The summed E-state index contributed by atoms with van der Waals surface area (Å²) >= 11 is 1.97. The van der Waals surface area contributed by atoms with Crippen molar-refractivity contribution in [3.8, 4) is 11.1 Å². The highest BCUT2D eigenvalue weighted by atomic mass is 32.1. The zero-order valence-corrected chi connectivity index (χ0v) is 49.3. The zero-order chi connectivity index (χ0) is 54.7. The van der Waals surface area contributed by atoms with E-state index >= 15 is 0 Å². The number of anilines is 6. The third kappa shape index (κ3) is 6.53. The van der Waals surface area contributed by atoms with Gasteiger partial charge in [0, 0.05) is 65.6 Å². The van der Waals surface area contributed by atoms with Crippen LogP contribution in [-0.2, 0) is 32.5 Å². The van der Waals surface area contributed by atoms with Gasteiger partial charge in [-0.3, -0.25) is 0 Å². The van der Waals surface area contributed by atoms with Crippen LogP contribution >= 0.6 is 11.3 Å². The van der Waals surface area contributed by atoms with Gasteiger partial charge in [-0.2, -0.15) is 0 Å². The smallest absolute Gasteiger partial charge is 0.252 e. The largest absolute Gasteiger partial charge is 0.311 e. The van der Waals surface area contributed by atoms with Crippen LogP contribution in [0.15, 0.2) is 170 Å². The third-order valence-corrected chi connectivity index (χ3v) is 21.9. The number of aryl methyl sites for hydroxylation is 1. The standard InChI is InChI=1S/C75H71BN2S/c1-44-37-55-56(71(4,5)36-35-70(55,2)3)42-62(44)78-65-39-46(45-23-15-14-16-24-45)38-64-67(65)76(60-34-32-49-48-25-17-22-30-66(48)79-69(49)68(60)78)61-41-58-59(75(12,13)53-29-21-20-28-52(53)74(58,10)11)43-63(61)77(64)47-31-33-54-57(40-47)73(8,9)51-27-19-18-26-50(51)72(54,6)7/h14-34,37-43H,35-36H2,1-13H3. The Balaban J connectivity index is 1.11. The molecule has 0 spiro atoms. The van der Waals surface area contributed by atoms with E-state index in [0.29, 0.717) is 0 Å². The monoisotopic (exact) mass is 1040 g/mol. The first-order valence-corrected chi connectivity index (χ1v) is 29.9. The van der Waals surface area contributed by atoms with Crippen molar-refractivity contribution >= 4 is 88.7 Å². The van der Waals surface area contributed by atoms with Crippen molar-refractivity contribution in [3.63, 3.8) is 0 Å². The molecule has 0 unspecified atom stereocenters. The van der Waals surface area contributed by atoms with Crippen molar-refractivity contribution in [1.29, 1.82) is 0 Å². The predicted octanol–water partition coefficient (Wildman–Crippen LogP) is 18.4. The number of nitrogens with zero attached hydrogens (tertiary/aromatic N) is 2. The van der Waals surface area contributed by atoms with Crippen molar-refractivity contribution in [1.82, 2.24) is 0 Å². The summed E-state index contributed by atoms with van der Waals surface area (Å²) in [6.07, 6.45) is 2.33. The highest BCUT2D eigenvalue weighted by molar-refractivity contribution is 7.26. The molecule has 15 rings (SSSR count). The topological polar surface area (TPSA) is 6.48 Å². The van der Waals surface area contributed by atoms with E-state index in [4.69, 9.17) is 0 Å². The Bertz CT molecular complexity index is 4290. The van der Waals surface area contributed by atoms with Crippen LogP contribution in [-0.4, -0.2) is 6.71 Å². The highest BCUT2D eigenvalue weighted by Gasteiger charge is 2.50. The SMILES string of the molecule is Cc1cc2c(cc1N1c3cc(-c4ccccc4)cc4c3B(c3cc5c(cc3N4c3ccc4c(c3)C(C)(C)c3ccccc3C4(C)C)C(C)(C)c3ccccc3C5(C)C)c3ccc4c(sc5ccccc54)c31)C(C)(C)CCC2(C)C. The van der Waals surface area contributed by atoms with Crippen LogP contribution in [0.1, 0.15) is 157 Å². The maximum Gasteiger partial charge on any atom is 0.252 e. The fourth-order valence-electron chi connectivity index (χ4n) is 16.1. The molecule has 5 aliphatic rings. The minimum Gasteiger partial charge on any atom is -0.311 e. The van der Waals surface area contributed by atoms with E-state index in [9.17, 15) is 0 Å². The van der Waals surface area contributed by atoms with Gasteiger partial charge in [0.05, 0.1) is 10.4 Å². The van der Waals surface area contributed by atoms with Crippen LogP contribution in [0.4, 0.5) is 34.1 Å². The van der Waals surface area contributed by atoms with Gasteiger partial charge in [-0.1, -0.05) is 210 Å². The normalized spacial score (nSPS) is 18.6. The van der Waals surface area contributed by atoms with E-state index in [1.165, 1.54) is 149 Å². The van der Waals surface area contributed by atoms with Gasteiger partial charge in [-0.25, -0.2) is 0 Å². The van der Waals surface area contributed by atoms with Crippen LogP contribution in [0.3, 0.4) is 0 Å². The molecule has 9 aromatic carbocycles. The summed E-state index contributed by atoms with van der Waals surface area (Å²) in [5.74, 6) is 0. The second-order valence-electron chi connectivity index (χ2n) is 27.6. The van der Waals surface area contributed by atoms with E-state index < -0.39 is 0 Å². The first-order chi connectivity index (χ1) is 37.6. The molecule has 0 fully saturated rings. The van der Waals surface area contributed by atoms with Crippen LogP contribution in [0.25, 0.3) is 31.3 Å². The lowest BCUT2D eigenvalue weighted by Gasteiger charge is -2.49. The molecule has 2 nitrogen and oxygen atoms in total. The molecule has 0 bridgehead atoms. The third-order valence-electron chi connectivity index (χ3n) is 20.7. The number of hydrogen-bond donors (Lipinski definition) is 0. The molecular weight excluding hydrogens is 972 g/mol. The number of thiophene rings is 1.